The molecule has 0 fully saturated rings. The largest absolute Gasteiger partial charge is 0.462 e. The maximum Gasteiger partial charge on any atom is 0.339 e. The summed E-state index contributed by atoms with van der Waals surface area (Å²) in [5.41, 5.74) is 0.443. The van der Waals surface area contributed by atoms with E-state index < -0.39 is 0 Å². The number of carbonyl (C=O) groups is 1. The van der Waals surface area contributed by atoms with Gasteiger partial charge in [0.15, 0.2) is 0 Å². The number of nitrogens with zero attached hydrogens (tertiary/aromatic N) is 1. The molecule has 0 aromatic carbocycles. The first-order chi connectivity index (χ1) is 5.84. The second-order valence-electron chi connectivity index (χ2n) is 2.08. The van der Waals surface area contributed by atoms with E-state index in [1.807, 2.05) is 0 Å². The number of carbonyl (C=O) groups excluding carboxylic acids is 1. The van der Waals surface area contributed by atoms with Gasteiger partial charge in [-0.25, -0.2) is 9.79 Å². The highest BCUT2D eigenvalue weighted by atomic mass is 16.5. The molecule has 0 saturated heterocycles. The molecule has 1 aliphatic rings. The minimum atomic E-state index is -0.352. The topological polar surface area (TPSA) is 50.7 Å². The van der Waals surface area contributed by atoms with Crippen molar-refractivity contribution in [1.82, 2.24) is 5.32 Å². The summed E-state index contributed by atoms with van der Waals surface area (Å²) in [6.45, 7) is 2.14. The average Bonchev–Trinajstić information content (AvgIpc) is 2.32. The Kier molecular flexibility index (Phi) is 3.07. The normalized spacial score (nSPS) is 14.6. The van der Waals surface area contributed by atoms with Gasteiger partial charge in [-0.1, -0.05) is 0 Å². The molecule has 0 aromatic heterocycles. The minimum absolute atomic E-state index is 0.352. The van der Waals surface area contributed by atoms with Crippen molar-refractivity contribution >= 4 is 12.3 Å². The van der Waals surface area contributed by atoms with Gasteiger partial charge in [-0.2, -0.15) is 0 Å². The zero-order chi connectivity index (χ0) is 8.81. The van der Waals surface area contributed by atoms with Gasteiger partial charge in [0.05, 0.1) is 18.5 Å². The molecule has 0 unspecified atom stereocenters. The fourth-order valence-corrected chi connectivity index (χ4v) is 0.720. The number of hydrogen-bond acceptors (Lipinski definition) is 4. The Hall–Kier alpha value is -1.58. The number of rotatable bonds is 2. The van der Waals surface area contributed by atoms with Crippen LogP contribution in [0.2, 0.25) is 0 Å². The minimum Gasteiger partial charge on any atom is -0.462 e. The number of hydrogen-bond donors (Lipinski definition) is 1. The van der Waals surface area contributed by atoms with E-state index in [9.17, 15) is 4.79 Å². The van der Waals surface area contributed by atoms with E-state index in [1.165, 1.54) is 12.5 Å². The molecular formula is C8H10N2O2. The van der Waals surface area contributed by atoms with Crippen molar-refractivity contribution in [2.75, 3.05) is 6.61 Å². The fraction of sp³-hybridized carbons (Fsp3) is 0.250. The maximum absolute atomic E-state index is 11.1. The molecule has 0 aromatic rings. The van der Waals surface area contributed by atoms with Crippen LogP contribution in [0.1, 0.15) is 6.92 Å². The Balaban J connectivity index is 2.66. The predicted molar refractivity (Wildman–Crippen MR) is 45.5 cm³/mol. The van der Waals surface area contributed by atoms with Crippen LogP contribution in [-0.2, 0) is 9.53 Å². The highest BCUT2D eigenvalue weighted by molar-refractivity contribution is 5.92. The zero-order valence-electron chi connectivity index (χ0n) is 6.78. The summed E-state index contributed by atoms with van der Waals surface area (Å²) in [6, 6.07) is 0. The lowest BCUT2D eigenvalue weighted by Crippen LogP contribution is -2.05. The van der Waals surface area contributed by atoms with Crippen molar-refractivity contribution in [1.29, 1.82) is 0 Å². The first-order valence-electron chi connectivity index (χ1n) is 3.66. The third kappa shape index (κ3) is 2.23. The van der Waals surface area contributed by atoms with Crippen LogP contribution in [0.15, 0.2) is 29.0 Å². The molecule has 4 nitrogen and oxygen atoms in total. The van der Waals surface area contributed by atoms with Crippen molar-refractivity contribution in [3.63, 3.8) is 0 Å². The summed E-state index contributed by atoms with van der Waals surface area (Å²) < 4.78 is 4.78. The molecule has 0 aliphatic carbocycles. The van der Waals surface area contributed by atoms with Crippen LogP contribution < -0.4 is 5.32 Å². The first kappa shape index (κ1) is 8.52. The second kappa shape index (κ2) is 4.33. The van der Waals surface area contributed by atoms with E-state index in [-0.39, 0.29) is 5.97 Å². The van der Waals surface area contributed by atoms with Crippen LogP contribution in [-0.4, -0.2) is 18.9 Å². The number of nitrogens with one attached hydrogen (secondary N) is 1. The summed E-state index contributed by atoms with van der Waals surface area (Å²) in [6.07, 6.45) is 6.18. The molecular weight excluding hydrogens is 156 g/mol. The van der Waals surface area contributed by atoms with Crippen LogP contribution in [0.3, 0.4) is 0 Å². The Labute approximate surface area is 70.6 Å². The molecule has 0 radical (unpaired) electrons. The van der Waals surface area contributed by atoms with Gasteiger partial charge in [-0.05, 0) is 13.0 Å². The van der Waals surface area contributed by atoms with Crippen LogP contribution in [0.5, 0.6) is 0 Å². The van der Waals surface area contributed by atoms with Gasteiger partial charge in [0.25, 0.3) is 0 Å². The quantitative estimate of drug-likeness (QED) is 0.610. The highest BCUT2D eigenvalue weighted by Gasteiger charge is 2.06. The zero-order valence-corrected chi connectivity index (χ0v) is 6.78. The summed E-state index contributed by atoms with van der Waals surface area (Å²) in [5.74, 6) is -0.352. The van der Waals surface area contributed by atoms with Gasteiger partial charge in [-0.15, -0.1) is 0 Å². The van der Waals surface area contributed by atoms with Gasteiger partial charge in [0.2, 0.25) is 0 Å². The van der Waals surface area contributed by atoms with E-state index in [1.54, 1.807) is 19.2 Å². The summed E-state index contributed by atoms with van der Waals surface area (Å²) in [7, 11) is 0. The third-order valence-corrected chi connectivity index (χ3v) is 1.23. The van der Waals surface area contributed by atoms with Crippen molar-refractivity contribution in [3.8, 4) is 0 Å². The molecule has 0 atom stereocenters. The van der Waals surface area contributed by atoms with Crippen LogP contribution >= 0.6 is 0 Å². The molecule has 0 bridgehead atoms. The van der Waals surface area contributed by atoms with Crippen molar-refractivity contribution in [2.45, 2.75) is 6.92 Å². The van der Waals surface area contributed by atoms with Gasteiger partial charge < -0.3 is 10.1 Å². The molecule has 4 heteroatoms. The smallest absolute Gasteiger partial charge is 0.339 e. The monoisotopic (exact) mass is 166 g/mol. The molecule has 64 valence electrons. The van der Waals surface area contributed by atoms with Crippen LogP contribution in [0.25, 0.3) is 0 Å². The molecule has 0 amide bonds. The Morgan fingerprint density at radius 3 is 3.33 bits per heavy atom. The third-order valence-electron chi connectivity index (χ3n) is 1.23. The van der Waals surface area contributed by atoms with E-state index in [4.69, 9.17) is 4.74 Å². The average molecular weight is 166 g/mol. The lowest BCUT2D eigenvalue weighted by atomic mass is 10.3. The maximum atomic E-state index is 11.1. The highest BCUT2D eigenvalue weighted by Crippen LogP contribution is 2.01. The van der Waals surface area contributed by atoms with E-state index >= 15 is 0 Å². The lowest BCUT2D eigenvalue weighted by molar-refractivity contribution is -0.138. The van der Waals surface area contributed by atoms with Gasteiger partial charge in [-0.3, -0.25) is 0 Å². The molecule has 0 saturated carbocycles. The van der Waals surface area contributed by atoms with E-state index in [0.717, 1.165) is 0 Å². The number of aliphatic imine (C=N–C) groups is 1. The lowest BCUT2D eigenvalue weighted by Gasteiger charge is -1.99. The van der Waals surface area contributed by atoms with Crippen molar-refractivity contribution in [2.24, 2.45) is 4.99 Å². The predicted octanol–water partition coefficient (Wildman–Crippen LogP) is 0.579. The van der Waals surface area contributed by atoms with Crippen LogP contribution in [0, 0.1) is 0 Å². The SMILES string of the molecule is CCOC(=O)C1=CN=CNC=C1. The Morgan fingerprint density at radius 1 is 1.75 bits per heavy atom. The summed E-state index contributed by atoms with van der Waals surface area (Å²) in [4.78, 5) is 14.9. The van der Waals surface area contributed by atoms with Crippen LogP contribution in [0.4, 0.5) is 0 Å². The molecule has 1 aliphatic heterocycles. The number of ether oxygens (including phenoxy) is 1. The number of esters is 1. The van der Waals surface area contributed by atoms with Gasteiger partial charge >= 0.3 is 5.97 Å². The molecule has 1 N–H and O–H groups in total. The van der Waals surface area contributed by atoms with E-state index in [2.05, 4.69) is 10.3 Å². The molecule has 1 heterocycles. The van der Waals surface area contributed by atoms with Gasteiger partial charge in [0.1, 0.15) is 0 Å². The standard InChI is InChI=1S/C8H10N2O2/c1-2-12-8(11)7-3-4-9-6-10-5-7/h3-6H,2H2,1H3,(H,9,10). The summed E-state index contributed by atoms with van der Waals surface area (Å²) in [5, 5.41) is 2.74. The summed E-state index contributed by atoms with van der Waals surface area (Å²) >= 11 is 0. The second-order valence-corrected chi connectivity index (χ2v) is 2.08. The Bertz CT molecular complexity index is 254. The van der Waals surface area contributed by atoms with Crippen molar-refractivity contribution < 1.29 is 9.53 Å². The van der Waals surface area contributed by atoms with Crippen molar-refractivity contribution in [3.05, 3.63) is 24.0 Å². The van der Waals surface area contributed by atoms with Gasteiger partial charge in [0, 0.05) is 12.4 Å². The molecule has 1 rings (SSSR count). The first-order valence-corrected chi connectivity index (χ1v) is 3.66. The van der Waals surface area contributed by atoms with E-state index in [0.29, 0.717) is 12.2 Å². The molecule has 0 spiro atoms. The Morgan fingerprint density at radius 2 is 2.58 bits per heavy atom. The fourth-order valence-electron chi connectivity index (χ4n) is 0.720. The molecule has 12 heavy (non-hydrogen) atoms.